The predicted octanol–water partition coefficient (Wildman–Crippen LogP) is -3.15. The zero-order valence-electron chi connectivity index (χ0n) is 9.65. The van der Waals surface area contributed by atoms with Crippen LogP contribution in [-0.2, 0) is 14.1 Å². The summed E-state index contributed by atoms with van der Waals surface area (Å²) in [5, 5.41) is 2.91. The summed E-state index contributed by atoms with van der Waals surface area (Å²) in [7, 11) is 7.26. The van der Waals surface area contributed by atoms with Gasteiger partial charge < -0.3 is 22.5 Å². The highest BCUT2D eigenvalue weighted by molar-refractivity contribution is 5.75. The summed E-state index contributed by atoms with van der Waals surface area (Å²) >= 11 is 0. The molecule has 0 atom stereocenters. The number of hydrogen-bond donors (Lipinski definition) is 1. The van der Waals surface area contributed by atoms with Crippen LogP contribution >= 0.6 is 0 Å². The molecule has 7 heteroatoms. The molecule has 0 bridgehead atoms. The number of rotatable bonds is 2. The minimum Gasteiger partial charge on any atom is -1.00 e. The Morgan fingerprint density at radius 3 is 2.69 bits per heavy atom. The molecular weight excluding hydrogens is 230 g/mol. The van der Waals surface area contributed by atoms with Crippen molar-refractivity contribution in [2.24, 2.45) is 14.1 Å². The minimum atomic E-state index is 0. The van der Waals surface area contributed by atoms with Crippen molar-refractivity contribution in [2.75, 3.05) is 19.5 Å². The Kier molecular flexibility index (Phi) is 3.54. The summed E-state index contributed by atoms with van der Waals surface area (Å²) in [4.78, 5) is 8.60. The van der Waals surface area contributed by atoms with E-state index in [1.54, 1.807) is 14.2 Å². The number of hydrogen-bond acceptors (Lipinski definition) is 4. The smallest absolute Gasteiger partial charge is 0.311 e. The Balaban J connectivity index is 0.00000128. The summed E-state index contributed by atoms with van der Waals surface area (Å²) in [6.07, 6.45) is 1.93. The fraction of sp³-hybridized carbons (Fsp3) is 0.444. The molecule has 6 nitrogen and oxygen atoms in total. The molecule has 0 spiro atoms. The molecular formula is C9H14ClN5O. The third-order valence-corrected chi connectivity index (χ3v) is 2.28. The SMILES string of the molecule is CNc1nc(OC)c2c(n1)[n+](C)cn2C.[Cl-]. The van der Waals surface area contributed by atoms with Crippen LogP contribution in [0.4, 0.5) is 5.95 Å². The van der Waals surface area contributed by atoms with Gasteiger partial charge in [0.05, 0.1) is 21.2 Å². The second-order valence-electron chi connectivity index (χ2n) is 3.32. The van der Waals surface area contributed by atoms with Gasteiger partial charge in [-0.25, -0.2) is 4.57 Å². The number of aromatic nitrogens is 4. The fourth-order valence-electron chi connectivity index (χ4n) is 1.60. The Morgan fingerprint density at radius 1 is 1.44 bits per heavy atom. The Bertz CT molecular complexity index is 510. The first kappa shape index (κ1) is 12.5. The van der Waals surface area contributed by atoms with Crippen molar-refractivity contribution >= 4 is 17.1 Å². The number of nitrogens with one attached hydrogen (secondary N) is 1. The van der Waals surface area contributed by atoms with Crippen LogP contribution in [0.1, 0.15) is 0 Å². The molecule has 0 fully saturated rings. The van der Waals surface area contributed by atoms with Crippen molar-refractivity contribution in [2.45, 2.75) is 0 Å². The summed E-state index contributed by atoms with van der Waals surface area (Å²) in [5.74, 6) is 1.13. The van der Waals surface area contributed by atoms with Gasteiger partial charge in [0.2, 0.25) is 5.52 Å². The molecule has 0 unspecified atom stereocenters. The van der Waals surface area contributed by atoms with Crippen LogP contribution in [0.5, 0.6) is 5.88 Å². The van der Waals surface area contributed by atoms with Crippen LogP contribution in [0.25, 0.3) is 11.2 Å². The quantitative estimate of drug-likeness (QED) is 0.566. The Hall–Kier alpha value is -1.56. The molecule has 0 saturated carbocycles. The van der Waals surface area contributed by atoms with Crippen LogP contribution in [0.15, 0.2) is 6.33 Å². The monoisotopic (exact) mass is 243 g/mol. The minimum absolute atomic E-state index is 0. The Morgan fingerprint density at radius 2 is 2.12 bits per heavy atom. The van der Waals surface area contributed by atoms with Gasteiger partial charge >= 0.3 is 11.6 Å². The van der Waals surface area contributed by atoms with Gasteiger partial charge in [-0.15, -0.1) is 0 Å². The van der Waals surface area contributed by atoms with Crippen molar-refractivity contribution in [1.29, 1.82) is 0 Å². The normalized spacial score (nSPS) is 10.0. The molecule has 0 aliphatic rings. The molecule has 2 rings (SSSR count). The summed E-state index contributed by atoms with van der Waals surface area (Å²) in [6.45, 7) is 0. The topological polar surface area (TPSA) is 55.9 Å². The van der Waals surface area contributed by atoms with Gasteiger partial charge in [0, 0.05) is 7.05 Å². The van der Waals surface area contributed by atoms with Crippen LogP contribution in [0, 0.1) is 0 Å². The van der Waals surface area contributed by atoms with Crippen LogP contribution in [0.2, 0.25) is 0 Å². The molecule has 1 N–H and O–H groups in total. The van der Waals surface area contributed by atoms with Gasteiger partial charge in [-0.05, 0) is 0 Å². The molecule has 2 aromatic heterocycles. The maximum Gasteiger partial charge on any atom is 0.311 e. The van der Waals surface area contributed by atoms with E-state index in [1.165, 1.54) is 0 Å². The van der Waals surface area contributed by atoms with E-state index in [4.69, 9.17) is 4.74 Å². The first-order chi connectivity index (χ1) is 7.17. The second kappa shape index (κ2) is 4.52. The molecule has 16 heavy (non-hydrogen) atoms. The lowest BCUT2D eigenvalue weighted by atomic mass is 10.5. The van der Waals surface area contributed by atoms with Gasteiger partial charge in [0.15, 0.2) is 6.33 Å². The highest BCUT2D eigenvalue weighted by atomic mass is 35.5. The first-order valence-electron chi connectivity index (χ1n) is 4.61. The van der Waals surface area contributed by atoms with E-state index in [9.17, 15) is 0 Å². The second-order valence-corrected chi connectivity index (χ2v) is 3.32. The number of fused-ring (bicyclic) bond motifs is 1. The lowest BCUT2D eigenvalue weighted by Gasteiger charge is -2.00. The molecule has 0 aromatic carbocycles. The molecule has 88 valence electrons. The van der Waals surface area contributed by atoms with E-state index in [0.29, 0.717) is 11.8 Å². The predicted molar refractivity (Wildman–Crippen MR) is 55.8 cm³/mol. The largest absolute Gasteiger partial charge is 1.00 e. The van der Waals surface area contributed by atoms with Crippen molar-refractivity contribution in [3.8, 4) is 5.88 Å². The molecule has 2 heterocycles. The van der Waals surface area contributed by atoms with Crippen molar-refractivity contribution in [3.63, 3.8) is 0 Å². The maximum absolute atomic E-state index is 5.24. The lowest BCUT2D eigenvalue weighted by molar-refractivity contribution is -0.647. The molecule has 0 aliphatic carbocycles. The van der Waals surface area contributed by atoms with E-state index in [0.717, 1.165) is 11.2 Å². The molecule has 0 radical (unpaired) electrons. The van der Waals surface area contributed by atoms with Gasteiger partial charge in [-0.2, -0.15) is 4.98 Å². The number of anilines is 1. The fourth-order valence-corrected chi connectivity index (χ4v) is 1.60. The number of ether oxygens (including phenoxy) is 1. The van der Waals surface area contributed by atoms with E-state index in [1.807, 2.05) is 29.6 Å². The van der Waals surface area contributed by atoms with E-state index < -0.39 is 0 Å². The third kappa shape index (κ3) is 1.76. The number of aryl methyl sites for hydroxylation is 2. The van der Waals surface area contributed by atoms with Crippen molar-refractivity contribution in [3.05, 3.63) is 6.33 Å². The first-order valence-corrected chi connectivity index (χ1v) is 4.61. The standard InChI is InChI=1S/C9H14N5O.ClH/c1-10-9-11-7-6(8(12-9)15-4)13(2)5-14(7)3;/h5H,1-4H3,(H,10,11,12);1H/q+1;/p-1. The average molecular weight is 244 g/mol. The highest BCUT2D eigenvalue weighted by Gasteiger charge is 2.20. The summed E-state index contributed by atoms with van der Waals surface area (Å²) in [6, 6.07) is 0. The number of imidazole rings is 1. The molecule has 0 aliphatic heterocycles. The van der Waals surface area contributed by atoms with Crippen LogP contribution in [0.3, 0.4) is 0 Å². The number of halogens is 1. The number of nitrogens with zero attached hydrogens (tertiary/aromatic N) is 4. The van der Waals surface area contributed by atoms with Gasteiger partial charge in [-0.3, -0.25) is 4.57 Å². The van der Waals surface area contributed by atoms with E-state index in [2.05, 4.69) is 15.3 Å². The maximum atomic E-state index is 5.24. The van der Waals surface area contributed by atoms with Gasteiger partial charge in [0.1, 0.15) is 0 Å². The Labute approximate surface area is 99.7 Å². The average Bonchev–Trinajstić information content (AvgIpc) is 2.53. The lowest BCUT2D eigenvalue weighted by Crippen LogP contribution is -3.00. The van der Waals surface area contributed by atoms with E-state index >= 15 is 0 Å². The summed E-state index contributed by atoms with van der Waals surface area (Å²) in [5.41, 5.74) is 1.73. The molecule has 2 aromatic rings. The zero-order chi connectivity index (χ0) is 11.0. The third-order valence-electron chi connectivity index (χ3n) is 2.28. The summed E-state index contributed by atoms with van der Waals surface area (Å²) < 4.78 is 9.11. The van der Waals surface area contributed by atoms with Crippen molar-refractivity contribution < 1.29 is 21.7 Å². The van der Waals surface area contributed by atoms with Gasteiger partial charge in [0.25, 0.3) is 5.88 Å². The molecule has 0 saturated heterocycles. The highest BCUT2D eigenvalue weighted by Crippen LogP contribution is 2.20. The van der Waals surface area contributed by atoms with E-state index in [-0.39, 0.29) is 12.4 Å². The number of methoxy groups -OCH3 is 1. The molecule has 0 amide bonds. The van der Waals surface area contributed by atoms with Crippen LogP contribution < -0.4 is 27.0 Å². The van der Waals surface area contributed by atoms with Crippen LogP contribution in [-0.4, -0.2) is 28.7 Å². The van der Waals surface area contributed by atoms with Gasteiger partial charge in [-0.1, -0.05) is 4.98 Å². The van der Waals surface area contributed by atoms with Crippen molar-refractivity contribution in [1.82, 2.24) is 14.5 Å². The zero-order valence-corrected chi connectivity index (χ0v) is 10.4.